The van der Waals surface area contributed by atoms with Crippen LogP contribution in [0.1, 0.15) is 31.4 Å². The van der Waals surface area contributed by atoms with E-state index in [4.69, 9.17) is 0 Å². The molecule has 0 spiro atoms. The fourth-order valence-corrected chi connectivity index (χ4v) is 4.76. The number of carbonyl (C=O) groups excluding carboxylic acids is 1. The van der Waals surface area contributed by atoms with Gasteiger partial charge in [0.05, 0.1) is 12.6 Å². The van der Waals surface area contributed by atoms with Crippen molar-refractivity contribution < 1.29 is 9.18 Å². The average molecular weight is 369 g/mol. The van der Waals surface area contributed by atoms with E-state index >= 15 is 0 Å². The van der Waals surface area contributed by atoms with Crippen molar-refractivity contribution >= 4 is 22.4 Å². The van der Waals surface area contributed by atoms with Crippen LogP contribution in [-0.2, 0) is 11.2 Å². The molecule has 2 heterocycles. The highest BCUT2D eigenvalue weighted by Crippen LogP contribution is 2.41. The molecule has 0 radical (unpaired) electrons. The maximum Gasteiger partial charge on any atom is 0.230 e. The van der Waals surface area contributed by atoms with Gasteiger partial charge in [-0.15, -0.1) is 0 Å². The standard InChI is InChI=1S/C22H28FN3O/c1-3-25(4-2)22(27)16-11-18-17-7-5-8-19-21(17)15(13-24-19)12-20(18)26(14-16)10-6-9-23/h5,7-8,11,13,16,20,24H,3-4,6,9-10,12,14H2,1-2H3/t16-,20?/m1/s1. The third-order valence-electron chi connectivity index (χ3n) is 6.09. The van der Waals surface area contributed by atoms with Crippen molar-refractivity contribution in [3.63, 3.8) is 0 Å². The predicted molar refractivity (Wildman–Crippen MR) is 107 cm³/mol. The van der Waals surface area contributed by atoms with Crippen LogP contribution >= 0.6 is 0 Å². The number of hydrogen-bond acceptors (Lipinski definition) is 2. The molecular weight excluding hydrogens is 341 g/mol. The molecule has 4 nitrogen and oxygen atoms in total. The van der Waals surface area contributed by atoms with Crippen molar-refractivity contribution in [3.8, 4) is 0 Å². The Labute approximate surface area is 160 Å². The average Bonchev–Trinajstić information content (AvgIpc) is 3.11. The number of carbonyl (C=O) groups is 1. The molecule has 2 aliphatic rings. The molecule has 2 aromatic rings. The first kappa shape index (κ1) is 18.2. The lowest BCUT2D eigenvalue weighted by atomic mass is 9.79. The van der Waals surface area contributed by atoms with E-state index in [1.807, 2.05) is 18.7 Å². The lowest BCUT2D eigenvalue weighted by Crippen LogP contribution is -2.49. The molecule has 1 amide bonds. The molecule has 1 aliphatic heterocycles. The second-order valence-electron chi connectivity index (χ2n) is 7.54. The number of halogens is 1. The molecule has 1 N–H and O–H groups in total. The number of aromatic nitrogens is 1. The quantitative estimate of drug-likeness (QED) is 0.844. The lowest BCUT2D eigenvalue weighted by Gasteiger charge is -2.42. The minimum Gasteiger partial charge on any atom is -0.361 e. The molecule has 4 rings (SSSR count). The van der Waals surface area contributed by atoms with E-state index in [1.54, 1.807) is 0 Å². The summed E-state index contributed by atoms with van der Waals surface area (Å²) < 4.78 is 12.9. The molecule has 1 aliphatic carbocycles. The molecule has 27 heavy (non-hydrogen) atoms. The minimum atomic E-state index is -0.318. The lowest BCUT2D eigenvalue weighted by molar-refractivity contribution is -0.134. The molecule has 1 aromatic heterocycles. The van der Waals surface area contributed by atoms with Crippen molar-refractivity contribution in [2.75, 3.05) is 32.9 Å². The first-order valence-corrected chi connectivity index (χ1v) is 10.1. The number of benzene rings is 1. The minimum absolute atomic E-state index is 0.161. The molecule has 1 unspecified atom stereocenters. The van der Waals surface area contributed by atoms with Crippen LogP contribution in [-0.4, -0.2) is 59.6 Å². The monoisotopic (exact) mass is 369 g/mol. The van der Waals surface area contributed by atoms with Crippen molar-refractivity contribution in [2.45, 2.75) is 32.7 Å². The van der Waals surface area contributed by atoms with Crippen LogP contribution in [0.4, 0.5) is 4.39 Å². The number of nitrogens with one attached hydrogen (secondary N) is 1. The van der Waals surface area contributed by atoms with E-state index in [2.05, 4.69) is 40.4 Å². The Hall–Kier alpha value is -2.14. The molecule has 2 atom stereocenters. The Morgan fingerprint density at radius 1 is 1.33 bits per heavy atom. The van der Waals surface area contributed by atoms with Crippen molar-refractivity contribution in [1.29, 1.82) is 0 Å². The zero-order chi connectivity index (χ0) is 19.0. The second-order valence-corrected chi connectivity index (χ2v) is 7.54. The first-order chi connectivity index (χ1) is 13.2. The van der Waals surface area contributed by atoms with Crippen molar-refractivity contribution in [1.82, 2.24) is 14.8 Å². The Kier molecular flexibility index (Phi) is 5.04. The van der Waals surface area contributed by atoms with Gasteiger partial charge in [-0.05, 0) is 49.5 Å². The summed E-state index contributed by atoms with van der Waals surface area (Å²) in [5, 5.41) is 1.28. The fourth-order valence-electron chi connectivity index (χ4n) is 4.76. The topological polar surface area (TPSA) is 39.3 Å². The first-order valence-electron chi connectivity index (χ1n) is 10.1. The predicted octanol–water partition coefficient (Wildman–Crippen LogP) is 3.64. The van der Waals surface area contributed by atoms with Crippen LogP contribution in [0.25, 0.3) is 16.5 Å². The van der Waals surface area contributed by atoms with E-state index in [1.165, 1.54) is 22.1 Å². The molecule has 0 saturated heterocycles. The highest BCUT2D eigenvalue weighted by Gasteiger charge is 2.37. The van der Waals surface area contributed by atoms with Crippen LogP contribution in [0.15, 0.2) is 30.5 Å². The van der Waals surface area contributed by atoms with Crippen LogP contribution in [0, 0.1) is 5.92 Å². The summed E-state index contributed by atoms with van der Waals surface area (Å²) >= 11 is 0. The van der Waals surface area contributed by atoms with Gasteiger partial charge in [0, 0.05) is 49.3 Å². The van der Waals surface area contributed by atoms with Gasteiger partial charge in [-0.3, -0.25) is 14.1 Å². The summed E-state index contributed by atoms with van der Waals surface area (Å²) in [6.07, 6.45) is 5.73. The number of aromatic amines is 1. The smallest absolute Gasteiger partial charge is 0.230 e. The summed E-state index contributed by atoms with van der Waals surface area (Å²) in [6.45, 7) is 6.54. The van der Waals surface area contributed by atoms with Gasteiger partial charge in [0.1, 0.15) is 0 Å². The highest BCUT2D eigenvalue weighted by atomic mass is 19.1. The van der Waals surface area contributed by atoms with Crippen LogP contribution < -0.4 is 0 Å². The SMILES string of the molecule is CCN(CC)C(=O)[C@@H]1C=C2c3cccc4[nH]cc(c34)CC2N(CCCF)C1. The Bertz CT molecular complexity index is 868. The van der Waals surface area contributed by atoms with E-state index in [-0.39, 0.29) is 24.5 Å². The number of H-pyrrole nitrogens is 1. The van der Waals surface area contributed by atoms with E-state index in [9.17, 15) is 9.18 Å². The van der Waals surface area contributed by atoms with Gasteiger partial charge < -0.3 is 9.88 Å². The maximum absolute atomic E-state index is 13.1. The molecule has 0 saturated carbocycles. The van der Waals surface area contributed by atoms with E-state index < -0.39 is 0 Å². The van der Waals surface area contributed by atoms with Gasteiger partial charge in [0.25, 0.3) is 0 Å². The molecular formula is C22H28FN3O. The maximum atomic E-state index is 13.1. The number of amides is 1. The molecule has 144 valence electrons. The molecule has 0 fully saturated rings. The molecule has 1 aromatic carbocycles. The summed E-state index contributed by atoms with van der Waals surface area (Å²) in [6, 6.07) is 6.56. The second kappa shape index (κ2) is 7.47. The third kappa shape index (κ3) is 3.08. The zero-order valence-corrected chi connectivity index (χ0v) is 16.2. The third-order valence-corrected chi connectivity index (χ3v) is 6.09. The Balaban J connectivity index is 1.77. The summed E-state index contributed by atoms with van der Waals surface area (Å²) in [4.78, 5) is 20.7. The van der Waals surface area contributed by atoms with Gasteiger partial charge in [0.15, 0.2) is 0 Å². The van der Waals surface area contributed by atoms with Crippen LogP contribution in [0.5, 0.6) is 0 Å². The largest absolute Gasteiger partial charge is 0.361 e. The number of fused-ring (bicyclic) bond motifs is 2. The molecule has 0 bridgehead atoms. The zero-order valence-electron chi connectivity index (χ0n) is 16.2. The fraction of sp³-hybridized carbons (Fsp3) is 0.500. The summed E-state index contributed by atoms with van der Waals surface area (Å²) in [7, 11) is 0. The van der Waals surface area contributed by atoms with Gasteiger partial charge in [-0.1, -0.05) is 18.2 Å². The van der Waals surface area contributed by atoms with E-state index in [0.717, 1.165) is 25.0 Å². The van der Waals surface area contributed by atoms with Gasteiger partial charge in [-0.25, -0.2) is 0 Å². The number of hydrogen-bond donors (Lipinski definition) is 1. The number of rotatable bonds is 6. The van der Waals surface area contributed by atoms with Crippen molar-refractivity contribution in [3.05, 3.63) is 41.6 Å². The highest BCUT2D eigenvalue weighted by molar-refractivity contribution is 5.99. The Morgan fingerprint density at radius 3 is 2.89 bits per heavy atom. The summed E-state index contributed by atoms with van der Waals surface area (Å²) in [5.41, 5.74) is 4.93. The summed E-state index contributed by atoms with van der Waals surface area (Å²) in [5.74, 6) is 0.0229. The van der Waals surface area contributed by atoms with Gasteiger partial charge >= 0.3 is 0 Å². The molecule has 5 heteroatoms. The van der Waals surface area contributed by atoms with Crippen LogP contribution in [0.3, 0.4) is 0 Å². The van der Waals surface area contributed by atoms with Crippen LogP contribution in [0.2, 0.25) is 0 Å². The van der Waals surface area contributed by atoms with Crippen molar-refractivity contribution in [2.24, 2.45) is 5.92 Å². The van der Waals surface area contributed by atoms with E-state index in [0.29, 0.717) is 19.5 Å². The van der Waals surface area contributed by atoms with Gasteiger partial charge in [-0.2, -0.15) is 0 Å². The Morgan fingerprint density at radius 2 is 2.15 bits per heavy atom. The number of nitrogens with zero attached hydrogens (tertiary/aromatic N) is 2. The normalized spacial score (nSPS) is 21.8. The number of alkyl halides is 1. The van der Waals surface area contributed by atoms with Gasteiger partial charge in [0.2, 0.25) is 5.91 Å².